The van der Waals surface area contributed by atoms with E-state index in [0.29, 0.717) is 10.9 Å². The van der Waals surface area contributed by atoms with Crippen LogP contribution in [0.2, 0.25) is 5.15 Å². The lowest BCUT2D eigenvalue weighted by Crippen LogP contribution is -2.06. The Labute approximate surface area is 88.5 Å². The van der Waals surface area contributed by atoms with Crippen LogP contribution in [0.4, 0.5) is 13.2 Å². The van der Waals surface area contributed by atoms with Crippen molar-refractivity contribution in [3.05, 3.63) is 41.0 Å². The Bertz CT molecular complexity index is 507. The fourth-order valence-electron chi connectivity index (χ4n) is 1.29. The summed E-state index contributed by atoms with van der Waals surface area (Å²) in [4.78, 5) is 3.69. The monoisotopic (exact) mass is 231 g/mol. The number of hydrogen-bond donors (Lipinski definition) is 0. The van der Waals surface area contributed by atoms with Gasteiger partial charge in [0.15, 0.2) is 0 Å². The van der Waals surface area contributed by atoms with Gasteiger partial charge in [-0.2, -0.15) is 13.2 Å². The van der Waals surface area contributed by atoms with Gasteiger partial charge in [0.1, 0.15) is 5.15 Å². The molecule has 0 N–H and O–H groups in total. The van der Waals surface area contributed by atoms with Crippen LogP contribution in [-0.2, 0) is 6.18 Å². The summed E-state index contributed by atoms with van der Waals surface area (Å²) < 4.78 is 37.4. The molecule has 2 aromatic rings. The summed E-state index contributed by atoms with van der Waals surface area (Å²) in [7, 11) is 0. The lowest BCUT2D eigenvalue weighted by molar-refractivity contribution is -0.137. The highest BCUT2D eigenvalue weighted by atomic mass is 35.5. The highest BCUT2D eigenvalue weighted by Gasteiger charge is 2.34. The molecule has 0 saturated heterocycles. The highest BCUT2D eigenvalue weighted by Crippen LogP contribution is 2.35. The fourth-order valence-corrected chi connectivity index (χ4v) is 1.54. The summed E-state index contributed by atoms with van der Waals surface area (Å²) in [5.74, 6) is 0. The Morgan fingerprint density at radius 2 is 1.80 bits per heavy atom. The number of para-hydroxylation sites is 1. The molecule has 1 heterocycles. The predicted molar refractivity (Wildman–Crippen MR) is 51.8 cm³/mol. The number of alkyl halides is 3. The molecule has 0 spiro atoms. The molecule has 78 valence electrons. The second kappa shape index (κ2) is 3.38. The van der Waals surface area contributed by atoms with Crippen molar-refractivity contribution < 1.29 is 13.2 Å². The van der Waals surface area contributed by atoms with E-state index in [1.807, 2.05) is 0 Å². The zero-order valence-corrected chi connectivity index (χ0v) is 8.10. The maximum absolute atomic E-state index is 12.5. The molecule has 0 aliphatic rings. The Morgan fingerprint density at radius 3 is 2.47 bits per heavy atom. The smallest absolute Gasteiger partial charge is 0.235 e. The van der Waals surface area contributed by atoms with Crippen molar-refractivity contribution in [2.75, 3.05) is 0 Å². The van der Waals surface area contributed by atoms with E-state index in [4.69, 9.17) is 11.6 Å². The van der Waals surface area contributed by atoms with E-state index < -0.39 is 16.9 Å². The lowest BCUT2D eigenvalue weighted by Gasteiger charge is -2.09. The highest BCUT2D eigenvalue weighted by molar-refractivity contribution is 6.30. The van der Waals surface area contributed by atoms with E-state index in [9.17, 15) is 13.2 Å². The van der Waals surface area contributed by atoms with Crippen LogP contribution in [0.3, 0.4) is 0 Å². The maximum Gasteiger partial charge on any atom is 0.419 e. The molecule has 0 atom stereocenters. The minimum Gasteiger partial charge on any atom is -0.235 e. The van der Waals surface area contributed by atoms with Gasteiger partial charge in [-0.05, 0) is 12.1 Å². The normalized spacial score (nSPS) is 12.0. The number of hydrogen-bond acceptors (Lipinski definition) is 1. The summed E-state index contributed by atoms with van der Waals surface area (Å²) in [6.07, 6.45) is -4.46. The number of halogens is 4. The first kappa shape index (κ1) is 10.2. The van der Waals surface area contributed by atoms with Crippen LogP contribution in [0.5, 0.6) is 0 Å². The molecule has 1 nitrogen and oxygen atoms in total. The molecular weight excluding hydrogens is 227 g/mol. The lowest BCUT2D eigenvalue weighted by atomic mass is 10.1. The van der Waals surface area contributed by atoms with Crippen LogP contribution < -0.4 is 0 Å². The van der Waals surface area contributed by atoms with Gasteiger partial charge in [0, 0.05) is 5.39 Å². The van der Waals surface area contributed by atoms with E-state index in [0.717, 1.165) is 6.07 Å². The van der Waals surface area contributed by atoms with Gasteiger partial charge in [-0.25, -0.2) is 4.98 Å². The standard InChI is InChI=1S/C10H5ClF3N/c11-9-7(10(12,13)14)5-6-3-1-2-4-8(6)15-9/h1-5H. The fraction of sp³-hybridized carbons (Fsp3) is 0.100. The van der Waals surface area contributed by atoms with Gasteiger partial charge >= 0.3 is 6.18 Å². The molecule has 0 unspecified atom stereocenters. The van der Waals surface area contributed by atoms with Crippen molar-refractivity contribution in [2.45, 2.75) is 6.18 Å². The van der Waals surface area contributed by atoms with Crippen LogP contribution in [0.25, 0.3) is 10.9 Å². The molecule has 2 rings (SSSR count). The van der Waals surface area contributed by atoms with Gasteiger partial charge in [-0.15, -0.1) is 0 Å². The summed E-state index contributed by atoms with van der Waals surface area (Å²) in [6, 6.07) is 7.52. The van der Waals surface area contributed by atoms with E-state index in [1.54, 1.807) is 24.3 Å². The van der Waals surface area contributed by atoms with Gasteiger partial charge < -0.3 is 0 Å². The minimum absolute atomic E-state index is 0.425. The van der Waals surface area contributed by atoms with Crippen molar-refractivity contribution in [3.8, 4) is 0 Å². The molecule has 0 amide bonds. The molecule has 5 heteroatoms. The molecule has 0 bridgehead atoms. The second-order valence-corrected chi connectivity index (χ2v) is 3.38. The molecule has 0 aliphatic carbocycles. The molecule has 0 fully saturated rings. The van der Waals surface area contributed by atoms with E-state index in [2.05, 4.69) is 4.98 Å². The third-order valence-electron chi connectivity index (χ3n) is 1.98. The van der Waals surface area contributed by atoms with Crippen molar-refractivity contribution in [3.63, 3.8) is 0 Å². The molecule has 1 aromatic heterocycles. The third-order valence-corrected chi connectivity index (χ3v) is 2.27. The minimum atomic E-state index is -4.46. The van der Waals surface area contributed by atoms with Crippen LogP contribution in [0.1, 0.15) is 5.56 Å². The van der Waals surface area contributed by atoms with Crippen LogP contribution in [0.15, 0.2) is 30.3 Å². The Morgan fingerprint density at radius 1 is 1.13 bits per heavy atom. The topological polar surface area (TPSA) is 12.9 Å². The second-order valence-electron chi connectivity index (χ2n) is 3.02. The van der Waals surface area contributed by atoms with Gasteiger partial charge in [0.05, 0.1) is 11.1 Å². The van der Waals surface area contributed by atoms with Gasteiger partial charge in [-0.1, -0.05) is 29.8 Å². The molecule has 0 saturated carbocycles. The quantitative estimate of drug-likeness (QED) is 0.627. The van der Waals surface area contributed by atoms with E-state index >= 15 is 0 Å². The molecule has 0 aliphatic heterocycles. The van der Waals surface area contributed by atoms with Crippen molar-refractivity contribution >= 4 is 22.5 Å². The summed E-state index contributed by atoms with van der Waals surface area (Å²) in [5.41, 5.74) is -0.446. The predicted octanol–water partition coefficient (Wildman–Crippen LogP) is 3.91. The average Bonchev–Trinajstić information content (AvgIpc) is 2.15. The molecule has 0 radical (unpaired) electrons. The number of fused-ring (bicyclic) bond motifs is 1. The first-order chi connectivity index (χ1) is 6.98. The first-order valence-electron chi connectivity index (χ1n) is 4.11. The summed E-state index contributed by atoms with van der Waals surface area (Å²) in [6.45, 7) is 0. The van der Waals surface area contributed by atoms with E-state index in [-0.39, 0.29) is 0 Å². The van der Waals surface area contributed by atoms with Crippen LogP contribution >= 0.6 is 11.6 Å². The summed E-state index contributed by atoms with van der Waals surface area (Å²) in [5, 5.41) is -0.0876. The first-order valence-corrected chi connectivity index (χ1v) is 4.49. The SMILES string of the molecule is FC(F)(F)c1cc2ccccc2nc1Cl. The number of aromatic nitrogens is 1. The Balaban J connectivity index is 2.73. The third kappa shape index (κ3) is 1.90. The van der Waals surface area contributed by atoms with Gasteiger partial charge in [0.25, 0.3) is 0 Å². The van der Waals surface area contributed by atoms with Gasteiger partial charge in [-0.3, -0.25) is 0 Å². The van der Waals surface area contributed by atoms with Crippen LogP contribution in [0, 0.1) is 0 Å². The Kier molecular flexibility index (Phi) is 2.31. The molecule has 15 heavy (non-hydrogen) atoms. The van der Waals surface area contributed by atoms with Crippen molar-refractivity contribution in [1.29, 1.82) is 0 Å². The molecular formula is C10H5ClF3N. The molecule has 1 aromatic carbocycles. The number of nitrogens with zero attached hydrogens (tertiary/aromatic N) is 1. The largest absolute Gasteiger partial charge is 0.419 e. The van der Waals surface area contributed by atoms with Crippen molar-refractivity contribution in [2.24, 2.45) is 0 Å². The zero-order chi connectivity index (χ0) is 11.1. The number of benzene rings is 1. The zero-order valence-electron chi connectivity index (χ0n) is 7.35. The maximum atomic E-state index is 12.5. The summed E-state index contributed by atoms with van der Waals surface area (Å²) >= 11 is 5.46. The number of rotatable bonds is 0. The van der Waals surface area contributed by atoms with Gasteiger partial charge in [0.2, 0.25) is 0 Å². The average molecular weight is 232 g/mol. The van der Waals surface area contributed by atoms with Crippen LogP contribution in [-0.4, -0.2) is 4.98 Å². The van der Waals surface area contributed by atoms with E-state index in [1.165, 1.54) is 0 Å². The Hall–Kier alpha value is -1.29. The van der Waals surface area contributed by atoms with Crippen molar-refractivity contribution in [1.82, 2.24) is 4.98 Å². The number of pyridine rings is 1.